The van der Waals surface area contributed by atoms with Crippen LogP contribution in [-0.2, 0) is 16.1 Å². The van der Waals surface area contributed by atoms with Gasteiger partial charge in [-0.15, -0.1) is 10.2 Å². The van der Waals surface area contributed by atoms with Gasteiger partial charge in [-0.1, -0.05) is 11.8 Å². The normalized spacial score (nSPS) is 17.7. The van der Waals surface area contributed by atoms with E-state index in [0.29, 0.717) is 13.1 Å². The highest BCUT2D eigenvalue weighted by atomic mass is 32.2. The molecule has 2 atom stereocenters. The van der Waals surface area contributed by atoms with Crippen molar-refractivity contribution in [3.63, 3.8) is 0 Å². The number of hydrogen-bond donors (Lipinski definition) is 1. The Morgan fingerprint density at radius 1 is 1.41 bits per heavy atom. The van der Waals surface area contributed by atoms with Crippen molar-refractivity contribution in [2.24, 2.45) is 0 Å². The van der Waals surface area contributed by atoms with Crippen molar-refractivity contribution in [2.45, 2.75) is 49.7 Å². The molecule has 0 unspecified atom stereocenters. The number of methoxy groups -OCH3 is 1. The van der Waals surface area contributed by atoms with Crippen molar-refractivity contribution >= 4 is 17.7 Å². The van der Waals surface area contributed by atoms with Crippen LogP contribution in [0.4, 0.5) is 0 Å². The third-order valence-electron chi connectivity index (χ3n) is 4.48. The van der Waals surface area contributed by atoms with Gasteiger partial charge in [-0.05, 0) is 51.0 Å². The van der Waals surface area contributed by atoms with Crippen LogP contribution < -0.4 is 10.1 Å². The first kappa shape index (κ1) is 19.7. The quantitative estimate of drug-likeness (QED) is 0.699. The van der Waals surface area contributed by atoms with E-state index in [-0.39, 0.29) is 17.3 Å². The molecule has 1 amide bonds. The second-order valence-corrected chi connectivity index (χ2v) is 7.74. The molecule has 1 aromatic carbocycles. The molecule has 27 heavy (non-hydrogen) atoms. The number of nitrogens with zero attached hydrogens (tertiary/aromatic N) is 3. The van der Waals surface area contributed by atoms with E-state index in [4.69, 9.17) is 9.47 Å². The van der Waals surface area contributed by atoms with Gasteiger partial charge in [-0.25, -0.2) is 0 Å². The van der Waals surface area contributed by atoms with Gasteiger partial charge in [0.2, 0.25) is 5.91 Å². The van der Waals surface area contributed by atoms with Crippen LogP contribution in [0.25, 0.3) is 11.4 Å². The van der Waals surface area contributed by atoms with Crippen molar-refractivity contribution in [1.29, 1.82) is 0 Å². The fraction of sp³-hybridized carbons (Fsp3) is 0.526. The molecule has 8 heteroatoms. The first-order chi connectivity index (χ1) is 13.1. The Labute approximate surface area is 163 Å². The molecule has 2 aromatic rings. The largest absolute Gasteiger partial charge is 0.497 e. The van der Waals surface area contributed by atoms with E-state index >= 15 is 0 Å². The van der Waals surface area contributed by atoms with Gasteiger partial charge in [-0.2, -0.15) is 0 Å². The first-order valence-electron chi connectivity index (χ1n) is 9.26. The molecule has 3 rings (SSSR count). The molecule has 0 radical (unpaired) electrons. The molecule has 1 aliphatic rings. The van der Waals surface area contributed by atoms with Crippen molar-refractivity contribution in [3.8, 4) is 17.1 Å². The molecule has 1 saturated heterocycles. The summed E-state index contributed by atoms with van der Waals surface area (Å²) in [5, 5.41) is 12.1. The minimum absolute atomic E-state index is 0.000152. The average molecular weight is 391 g/mol. The highest BCUT2D eigenvalue weighted by Crippen LogP contribution is 2.29. The van der Waals surface area contributed by atoms with Gasteiger partial charge in [0.25, 0.3) is 0 Å². The minimum Gasteiger partial charge on any atom is -0.497 e. The van der Waals surface area contributed by atoms with E-state index in [2.05, 4.69) is 20.1 Å². The lowest BCUT2D eigenvalue weighted by molar-refractivity contribution is -0.120. The molecular weight excluding hydrogens is 364 g/mol. The molecule has 146 valence electrons. The maximum absolute atomic E-state index is 12.1. The van der Waals surface area contributed by atoms with E-state index in [1.54, 1.807) is 7.11 Å². The summed E-state index contributed by atoms with van der Waals surface area (Å²) in [7, 11) is 1.65. The zero-order chi connectivity index (χ0) is 19.2. The summed E-state index contributed by atoms with van der Waals surface area (Å²) in [6, 6.07) is 7.75. The maximum atomic E-state index is 12.1. The lowest BCUT2D eigenvalue weighted by Gasteiger charge is -2.16. The fourth-order valence-electron chi connectivity index (χ4n) is 3.02. The summed E-state index contributed by atoms with van der Waals surface area (Å²) in [6.45, 7) is 5.88. The van der Waals surface area contributed by atoms with Gasteiger partial charge < -0.3 is 14.8 Å². The third-order valence-corrected chi connectivity index (χ3v) is 5.56. The number of carbonyl (C=O) groups is 1. The Hall–Kier alpha value is -2.06. The van der Waals surface area contributed by atoms with Crippen molar-refractivity contribution in [3.05, 3.63) is 24.3 Å². The van der Waals surface area contributed by atoms with Crippen LogP contribution in [0.1, 0.15) is 26.7 Å². The number of rotatable bonds is 8. The first-order valence-corrected chi connectivity index (χ1v) is 10.1. The number of thioether (sulfide) groups is 1. The molecule has 1 fully saturated rings. The van der Waals surface area contributed by atoms with Crippen molar-refractivity contribution in [1.82, 2.24) is 20.1 Å². The summed E-state index contributed by atoms with van der Waals surface area (Å²) in [5.74, 6) is 1.57. The van der Waals surface area contributed by atoms with Crippen LogP contribution in [0.15, 0.2) is 29.4 Å². The Morgan fingerprint density at radius 2 is 2.19 bits per heavy atom. The lowest BCUT2D eigenvalue weighted by Crippen LogP contribution is -2.30. The molecule has 0 bridgehead atoms. The number of amides is 1. The van der Waals surface area contributed by atoms with E-state index < -0.39 is 0 Å². The highest BCUT2D eigenvalue weighted by Gasteiger charge is 2.24. The number of benzene rings is 1. The highest BCUT2D eigenvalue weighted by molar-refractivity contribution is 8.00. The van der Waals surface area contributed by atoms with Gasteiger partial charge in [0.05, 0.1) is 25.0 Å². The second kappa shape index (κ2) is 9.23. The monoisotopic (exact) mass is 390 g/mol. The predicted molar refractivity (Wildman–Crippen MR) is 105 cm³/mol. The Kier molecular flexibility index (Phi) is 6.73. The number of ether oxygens (including phenoxy) is 2. The molecule has 1 aliphatic heterocycles. The Balaban J connectivity index is 1.87. The number of hydrogen-bond acceptors (Lipinski definition) is 6. The fourth-order valence-corrected chi connectivity index (χ4v) is 3.90. The number of nitrogens with one attached hydrogen (secondary N) is 1. The van der Waals surface area contributed by atoms with Gasteiger partial charge in [0.15, 0.2) is 11.0 Å². The molecule has 1 N–H and O–H groups in total. The zero-order valence-electron chi connectivity index (χ0n) is 16.0. The summed E-state index contributed by atoms with van der Waals surface area (Å²) < 4.78 is 13.1. The van der Waals surface area contributed by atoms with Crippen LogP contribution in [0, 0.1) is 0 Å². The minimum atomic E-state index is -0.249. The van der Waals surface area contributed by atoms with E-state index in [1.165, 1.54) is 11.8 Å². The van der Waals surface area contributed by atoms with Crippen LogP contribution in [0.2, 0.25) is 0 Å². The maximum Gasteiger partial charge on any atom is 0.233 e. The van der Waals surface area contributed by atoms with E-state index in [0.717, 1.165) is 41.7 Å². The van der Waals surface area contributed by atoms with Crippen LogP contribution in [0.5, 0.6) is 5.75 Å². The summed E-state index contributed by atoms with van der Waals surface area (Å²) >= 11 is 1.42. The lowest BCUT2D eigenvalue weighted by atomic mass is 10.2. The van der Waals surface area contributed by atoms with Gasteiger partial charge >= 0.3 is 0 Å². The zero-order valence-corrected chi connectivity index (χ0v) is 16.8. The molecule has 0 saturated carbocycles. The Bertz CT molecular complexity index is 757. The summed E-state index contributed by atoms with van der Waals surface area (Å²) in [6.07, 6.45) is 2.25. The predicted octanol–water partition coefficient (Wildman–Crippen LogP) is 2.75. The third kappa shape index (κ3) is 4.81. The van der Waals surface area contributed by atoms with Gasteiger partial charge in [-0.3, -0.25) is 9.36 Å². The molecule has 1 aromatic heterocycles. The molecule has 7 nitrogen and oxygen atoms in total. The summed E-state index contributed by atoms with van der Waals surface area (Å²) in [5.41, 5.74) is 0.957. The summed E-state index contributed by atoms with van der Waals surface area (Å²) in [4.78, 5) is 12.1. The van der Waals surface area contributed by atoms with Crippen molar-refractivity contribution < 1.29 is 14.3 Å². The van der Waals surface area contributed by atoms with Crippen LogP contribution >= 0.6 is 11.8 Å². The molecule has 2 heterocycles. The van der Waals surface area contributed by atoms with Crippen LogP contribution in [0.3, 0.4) is 0 Å². The average Bonchev–Trinajstić information content (AvgIpc) is 3.33. The number of aromatic nitrogens is 3. The van der Waals surface area contributed by atoms with Gasteiger partial charge in [0.1, 0.15) is 5.75 Å². The number of carbonyl (C=O) groups excluding carboxylic acids is 1. The van der Waals surface area contributed by atoms with Crippen LogP contribution in [-0.4, -0.2) is 52.3 Å². The molecular formula is C19H26N4O3S. The standard InChI is InChI=1S/C19H26N4O3S/c1-4-20-18(24)13(2)27-19-22-21-17(14-7-9-15(25-3)10-8-14)23(19)12-16-6-5-11-26-16/h7-10,13,16H,4-6,11-12H2,1-3H3,(H,20,24)/t13-,16-/m0/s1. The van der Waals surface area contributed by atoms with E-state index in [1.807, 2.05) is 38.1 Å². The SMILES string of the molecule is CCNC(=O)[C@H](C)Sc1nnc(-c2ccc(OC)cc2)n1C[C@@H]1CCCO1. The van der Waals surface area contributed by atoms with Crippen molar-refractivity contribution in [2.75, 3.05) is 20.3 Å². The second-order valence-electron chi connectivity index (χ2n) is 6.43. The topological polar surface area (TPSA) is 78.3 Å². The Morgan fingerprint density at radius 3 is 2.81 bits per heavy atom. The molecule has 0 spiro atoms. The van der Waals surface area contributed by atoms with Gasteiger partial charge in [0, 0.05) is 18.7 Å². The molecule has 0 aliphatic carbocycles. The smallest absolute Gasteiger partial charge is 0.233 e. The van der Waals surface area contributed by atoms with E-state index in [9.17, 15) is 4.79 Å².